The Morgan fingerprint density at radius 1 is 0.735 bits per heavy atom. The minimum atomic E-state index is -4.09. The van der Waals surface area contributed by atoms with Gasteiger partial charge in [0.05, 0.1) is 51.2 Å². The van der Waals surface area contributed by atoms with Gasteiger partial charge in [0.2, 0.25) is 0 Å². The molecular weight excluding hydrogens is 812 g/mol. The van der Waals surface area contributed by atoms with Crippen LogP contribution < -0.4 is 27.5 Å². The first-order valence-electron chi connectivity index (χ1n) is 12.8. The molecule has 2 aliphatic heterocycles. The number of hydrogen-bond donors (Lipinski definition) is 1. The van der Waals surface area contributed by atoms with Crippen LogP contribution in [0.2, 0.25) is 30.1 Å². The first-order chi connectivity index (χ1) is 21.3. The number of hydrogen-bond acceptors (Lipinski definition) is 8. The Balaban J connectivity index is 0.000000889. The van der Waals surface area contributed by atoms with Crippen molar-refractivity contribution < 1.29 is 66.1 Å². The Hall–Kier alpha value is -1.46. The molecule has 4 rings (SSSR count). The average molecular weight is 841 g/mol. The monoisotopic (exact) mass is 838 g/mol. The van der Waals surface area contributed by atoms with E-state index in [2.05, 4.69) is 13.2 Å². The summed E-state index contributed by atoms with van der Waals surface area (Å²) in [6, 6.07) is 5.51. The number of carboxylic acid groups (broad SMARTS) is 1. The van der Waals surface area contributed by atoms with Crippen molar-refractivity contribution in [2.24, 2.45) is 0 Å². The van der Waals surface area contributed by atoms with Gasteiger partial charge in [-0.2, -0.15) is 25.4 Å². The van der Waals surface area contributed by atoms with Crippen LogP contribution in [0.3, 0.4) is 0 Å². The Kier molecular flexibility index (Phi) is 18.8. The van der Waals surface area contributed by atoms with E-state index in [1.54, 1.807) is 6.92 Å². The van der Waals surface area contributed by atoms with Gasteiger partial charge in [0.15, 0.2) is 0 Å². The molecule has 0 aromatic heterocycles. The van der Waals surface area contributed by atoms with Crippen LogP contribution in [0.1, 0.15) is 6.92 Å². The van der Waals surface area contributed by atoms with E-state index in [0.717, 1.165) is 17.2 Å². The van der Waals surface area contributed by atoms with Crippen LogP contribution >= 0.6 is 69.6 Å². The zero-order chi connectivity index (χ0) is 34.7. The third-order valence-corrected chi connectivity index (χ3v) is 11.3. The maximum atomic E-state index is 12.8. The Morgan fingerprint density at radius 2 is 1.06 bits per heavy atom. The van der Waals surface area contributed by atoms with Gasteiger partial charge in [-0.1, -0.05) is 82.8 Å². The summed E-state index contributed by atoms with van der Waals surface area (Å²) in [5, 5.41) is 9.67. The minimum Gasteiger partial charge on any atom is -0.870 e. The second-order valence-corrected chi connectivity index (χ2v) is 15.9. The van der Waals surface area contributed by atoms with E-state index in [4.69, 9.17) is 79.4 Å². The topological polar surface area (TPSA) is 206 Å². The molecule has 4 N–H and O–H groups in total. The molecule has 49 heavy (non-hydrogen) atoms. The summed E-state index contributed by atoms with van der Waals surface area (Å²) in [6.45, 7) is 8.16. The van der Waals surface area contributed by atoms with Crippen molar-refractivity contribution in [1.82, 2.24) is 8.61 Å². The van der Waals surface area contributed by atoms with Crippen molar-refractivity contribution in [2.45, 2.75) is 6.92 Å². The average Bonchev–Trinajstić information content (AvgIpc) is 2.89. The van der Waals surface area contributed by atoms with Gasteiger partial charge in [-0.3, -0.25) is 18.2 Å². The molecule has 2 fully saturated rings. The van der Waals surface area contributed by atoms with E-state index in [1.807, 2.05) is 0 Å². The van der Waals surface area contributed by atoms with Crippen LogP contribution in [0.5, 0.6) is 0 Å². The summed E-state index contributed by atoms with van der Waals surface area (Å²) in [5.74, 6) is -1.92. The first-order valence-corrected chi connectivity index (χ1v) is 17.9. The van der Waals surface area contributed by atoms with Crippen molar-refractivity contribution in [3.8, 4) is 0 Å². The number of halogens is 6. The summed E-state index contributed by atoms with van der Waals surface area (Å²) < 4.78 is 59.4. The molecule has 14 nitrogen and oxygen atoms in total. The predicted octanol–water partition coefficient (Wildman–Crippen LogP) is 1.79. The molecule has 0 amide bonds. The number of anilines is 2. The zero-order valence-corrected chi connectivity index (χ0v) is 32.0. The number of rotatable bonds is 7. The van der Waals surface area contributed by atoms with Gasteiger partial charge < -0.3 is 20.8 Å². The molecular formula is C26H29Cl6LiN4O10S2. The molecule has 0 radical (unpaired) electrons. The largest absolute Gasteiger partial charge is 1.00 e. The summed E-state index contributed by atoms with van der Waals surface area (Å²) in [5.41, 5.74) is 1.23. The van der Waals surface area contributed by atoms with E-state index in [9.17, 15) is 26.4 Å². The maximum absolute atomic E-state index is 12.8. The standard InChI is InChI=1S/C14H15Cl3N2O4S.C12H11Cl3N2O4S.Li.2H2O/c1-3-23-13(20)8-18-6-9(2)7-19(24(18,21)22)14-11(16)4-10(15)5-12(14)17;1-7-4-16(6-11(18)19)22(20,21)17(5-7)12-9(14)2-8(13)3-10(12)15;;;/h4-5H,2-3,6-8H2,1H3;2-3H,1,4-6H2,(H,18,19);;2*1H2/q;;+1;;/p-1. The Labute approximate surface area is 325 Å². The molecule has 2 saturated heterocycles. The molecule has 0 atom stereocenters. The molecule has 0 saturated carbocycles. The summed E-state index contributed by atoms with van der Waals surface area (Å²) >= 11 is 36.1. The Morgan fingerprint density at radius 3 is 1.37 bits per heavy atom. The quantitative estimate of drug-likeness (QED) is 0.245. The fraction of sp³-hybridized carbons (Fsp3) is 0.308. The number of nitrogens with zero attached hydrogens (tertiary/aromatic N) is 4. The molecule has 0 spiro atoms. The van der Waals surface area contributed by atoms with Gasteiger partial charge in [0.25, 0.3) is 0 Å². The third-order valence-electron chi connectivity index (χ3n) is 6.13. The third kappa shape index (κ3) is 11.5. The van der Waals surface area contributed by atoms with Gasteiger partial charge in [-0.05, 0) is 42.3 Å². The zero-order valence-electron chi connectivity index (χ0n) is 25.8. The second kappa shape index (κ2) is 19.4. The molecule has 23 heteroatoms. The van der Waals surface area contributed by atoms with E-state index >= 15 is 0 Å². The van der Waals surface area contributed by atoms with Crippen molar-refractivity contribution in [2.75, 3.05) is 54.5 Å². The number of carbonyl (C=O) groups excluding carboxylic acids is 1. The van der Waals surface area contributed by atoms with E-state index in [0.29, 0.717) is 11.1 Å². The predicted molar refractivity (Wildman–Crippen MR) is 187 cm³/mol. The SMILES string of the molecule is C=C1CN(CC(=O)O)S(=O)(=O)N(c2c(Cl)cc(Cl)cc2Cl)C1.C=C1CN(CC(=O)OCC)S(=O)(=O)N(c2c(Cl)cc(Cl)cc2Cl)C1.O.[Li+].[OH-]. The fourth-order valence-electron chi connectivity index (χ4n) is 4.32. The van der Waals surface area contributed by atoms with Crippen LogP contribution in [0.4, 0.5) is 11.4 Å². The van der Waals surface area contributed by atoms with Gasteiger partial charge in [0.1, 0.15) is 13.1 Å². The molecule has 2 aliphatic rings. The van der Waals surface area contributed by atoms with E-state index in [-0.39, 0.29) is 104 Å². The smallest absolute Gasteiger partial charge is 0.870 e. The molecule has 0 unspecified atom stereocenters. The maximum Gasteiger partial charge on any atom is 1.00 e. The fourth-order valence-corrected chi connectivity index (χ4v) is 9.90. The van der Waals surface area contributed by atoms with Crippen molar-refractivity contribution in [3.05, 3.63) is 78.7 Å². The summed E-state index contributed by atoms with van der Waals surface area (Å²) in [7, 11) is -8.12. The normalized spacial score (nSPS) is 17.0. The van der Waals surface area contributed by atoms with E-state index < -0.39 is 45.4 Å². The van der Waals surface area contributed by atoms with Gasteiger partial charge in [-0.15, -0.1) is 0 Å². The molecule has 0 aliphatic carbocycles. The number of benzene rings is 2. The van der Waals surface area contributed by atoms with Crippen LogP contribution in [0.25, 0.3) is 0 Å². The van der Waals surface area contributed by atoms with Crippen LogP contribution in [-0.2, 0) is 34.7 Å². The molecule has 2 aromatic rings. The number of carboxylic acids is 1. The number of aliphatic carboxylic acids is 1. The van der Waals surface area contributed by atoms with Gasteiger partial charge in [0, 0.05) is 23.1 Å². The summed E-state index contributed by atoms with van der Waals surface area (Å²) in [4.78, 5) is 22.5. The first kappa shape index (κ1) is 47.5. The molecule has 2 heterocycles. The van der Waals surface area contributed by atoms with Crippen LogP contribution in [0, 0.1) is 0 Å². The molecule has 0 bridgehead atoms. The van der Waals surface area contributed by atoms with Gasteiger partial charge in [-0.25, -0.2) is 0 Å². The van der Waals surface area contributed by atoms with Crippen molar-refractivity contribution in [3.63, 3.8) is 0 Å². The van der Waals surface area contributed by atoms with Gasteiger partial charge >= 0.3 is 51.2 Å². The van der Waals surface area contributed by atoms with Crippen molar-refractivity contribution >= 4 is 113 Å². The minimum absolute atomic E-state index is 0. The number of esters is 1. The number of carbonyl (C=O) groups is 2. The van der Waals surface area contributed by atoms with Crippen LogP contribution in [0.15, 0.2) is 48.6 Å². The number of ether oxygens (including phenoxy) is 1. The molecule has 268 valence electrons. The second-order valence-electron chi connectivity index (χ2n) is 9.70. The summed E-state index contributed by atoms with van der Waals surface area (Å²) in [6.07, 6.45) is 0. The Bertz CT molecular complexity index is 1760. The van der Waals surface area contributed by atoms with Crippen molar-refractivity contribution in [1.29, 1.82) is 0 Å². The van der Waals surface area contributed by atoms with E-state index in [1.165, 1.54) is 24.3 Å². The van der Waals surface area contributed by atoms with Crippen LogP contribution in [-0.4, -0.2) is 99.3 Å². The molecule has 2 aromatic carbocycles.